The number of carbonyl (C=O) groups excluding carboxylic acids is 1. The predicted molar refractivity (Wildman–Crippen MR) is 102 cm³/mol. The van der Waals surface area contributed by atoms with Gasteiger partial charge in [-0.3, -0.25) is 4.79 Å². The van der Waals surface area contributed by atoms with Gasteiger partial charge in [0.1, 0.15) is 5.75 Å². The van der Waals surface area contributed by atoms with E-state index in [2.05, 4.69) is 10.0 Å². The van der Waals surface area contributed by atoms with Crippen molar-refractivity contribution in [1.82, 2.24) is 4.72 Å². The molecule has 0 radical (unpaired) electrons. The molecule has 0 aliphatic carbocycles. The average Bonchev–Trinajstić information content (AvgIpc) is 2.62. The van der Waals surface area contributed by atoms with Crippen LogP contribution in [0.5, 0.6) is 5.75 Å². The normalized spacial score (nSPS) is 13.0. The number of hydrogen-bond acceptors (Lipinski definition) is 4. The van der Waals surface area contributed by atoms with Crippen LogP contribution < -0.4 is 14.8 Å². The maximum Gasteiger partial charge on any atom is 0.417 e. The molecule has 0 saturated heterocycles. The van der Waals surface area contributed by atoms with Crippen LogP contribution in [0.25, 0.3) is 0 Å². The Balaban J connectivity index is 2.10. The molecule has 0 fully saturated rings. The van der Waals surface area contributed by atoms with Gasteiger partial charge in [0.2, 0.25) is 15.9 Å². The summed E-state index contributed by atoms with van der Waals surface area (Å²) in [5.74, 6) is -0.351. The standard InChI is InChI=1S/C18H18ClF3N2O4S/c1-3-28-13-5-7-14(8-6-13)29(26,27)24-11(2)17(25)23-12-4-9-16(19)15(10-12)18(20,21)22/h4-11,24H,3H2,1-2H3,(H,23,25)/t11-/m1/s1. The van der Waals surface area contributed by atoms with Crippen LogP contribution in [0.1, 0.15) is 19.4 Å². The van der Waals surface area contributed by atoms with Crippen LogP contribution in [0.4, 0.5) is 18.9 Å². The highest BCUT2D eigenvalue weighted by Crippen LogP contribution is 2.36. The zero-order chi connectivity index (χ0) is 21.8. The third-order valence-electron chi connectivity index (χ3n) is 3.71. The Kier molecular flexibility index (Phi) is 7.15. The largest absolute Gasteiger partial charge is 0.494 e. The summed E-state index contributed by atoms with van der Waals surface area (Å²) in [5, 5.41) is 1.72. The molecule has 11 heteroatoms. The van der Waals surface area contributed by atoms with Gasteiger partial charge in [-0.2, -0.15) is 17.9 Å². The van der Waals surface area contributed by atoms with Gasteiger partial charge in [0.05, 0.1) is 28.1 Å². The van der Waals surface area contributed by atoms with Gasteiger partial charge in [-0.05, 0) is 56.3 Å². The minimum Gasteiger partial charge on any atom is -0.494 e. The summed E-state index contributed by atoms with van der Waals surface area (Å²) in [7, 11) is -4.03. The summed E-state index contributed by atoms with van der Waals surface area (Å²) in [6.07, 6.45) is -4.70. The monoisotopic (exact) mass is 450 g/mol. The molecule has 6 nitrogen and oxygen atoms in total. The second-order valence-electron chi connectivity index (χ2n) is 5.93. The molecule has 2 aromatic carbocycles. The van der Waals surface area contributed by atoms with Crippen LogP contribution in [-0.2, 0) is 21.0 Å². The number of nitrogens with one attached hydrogen (secondary N) is 2. The van der Waals surface area contributed by atoms with Crippen molar-refractivity contribution in [1.29, 1.82) is 0 Å². The number of sulfonamides is 1. The Morgan fingerprint density at radius 2 is 1.79 bits per heavy atom. The molecule has 1 amide bonds. The number of amides is 1. The minimum atomic E-state index is -4.70. The van der Waals surface area contributed by atoms with E-state index in [0.717, 1.165) is 6.07 Å². The molecule has 2 N–H and O–H groups in total. The molecule has 29 heavy (non-hydrogen) atoms. The number of rotatable bonds is 7. The molecule has 2 rings (SSSR count). The predicted octanol–water partition coefficient (Wildman–Crippen LogP) is 4.06. The van der Waals surface area contributed by atoms with Crippen molar-refractivity contribution in [2.75, 3.05) is 11.9 Å². The summed E-state index contributed by atoms with van der Waals surface area (Å²) >= 11 is 5.53. The number of alkyl halides is 3. The number of halogens is 4. The smallest absolute Gasteiger partial charge is 0.417 e. The minimum absolute atomic E-state index is 0.0912. The van der Waals surface area contributed by atoms with Crippen LogP contribution in [0, 0.1) is 0 Å². The molecule has 0 aliphatic rings. The van der Waals surface area contributed by atoms with E-state index < -0.39 is 38.7 Å². The highest BCUT2D eigenvalue weighted by Gasteiger charge is 2.33. The highest BCUT2D eigenvalue weighted by atomic mass is 35.5. The summed E-state index contributed by atoms with van der Waals surface area (Å²) < 4.78 is 70.9. The molecule has 0 saturated carbocycles. The van der Waals surface area contributed by atoms with E-state index in [1.54, 1.807) is 6.92 Å². The third-order valence-corrected chi connectivity index (χ3v) is 5.60. The third kappa shape index (κ3) is 6.09. The van der Waals surface area contributed by atoms with Gasteiger partial charge in [0, 0.05) is 5.69 Å². The number of hydrogen-bond donors (Lipinski definition) is 2. The molecule has 2 aromatic rings. The molecule has 0 aromatic heterocycles. The van der Waals surface area contributed by atoms with Crippen molar-refractivity contribution in [3.63, 3.8) is 0 Å². The molecular weight excluding hydrogens is 433 g/mol. The van der Waals surface area contributed by atoms with Crippen LogP contribution in [-0.4, -0.2) is 27.0 Å². The van der Waals surface area contributed by atoms with Gasteiger partial charge in [0.25, 0.3) is 0 Å². The number of benzene rings is 2. The molecule has 0 heterocycles. The van der Waals surface area contributed by atoms with Crippen LogP contribution in [0.15, 0.2) is 47.4 Å². The van der Waals surface area contributed by atoms with E-state index in [1.165, 1.54) is 37.3 Å². The molecule has 0 spiro atoms. The van der Waals surface area contributed by atoms with E-state index >= 15 is 0 Å². The maximum absolute atomic E-state index is 12.9. The molecule has 158 valence electrons. The first-order chi connectivity index (χ1) is 13.4. The van der Waals surface area contributed by atoms with Gasteiger partial charge in [-0.15, -0.1) is 0 Å². The zero-order valence-corrected chi connectivity index (χ0v) is 17.0. The fraction of sp³-hybridized carbons (Fsp3) is 0.278. The number of ether oxygens (including phenoxy) is 1. The number of carbonyl (C=O) groups is 1. The summed E-state index contributed by atoms with van der Waals surface area (Å²) in [4.78, 5) is 12.1. The van der Waals surface area contributed by atoms with Gasteiger partial charge < -0.3 is 10.1 Å². The Bertz CT molecular complexity index is 980. The van der Waals surface area contributed by atoms with Crippen molar-refractivity contribution in [3.8, 4) is 5.75 Å². The molecule has 1 atom stereocenters. The number of anilines is 1. The fourth-order valence-electron chi connectivity index (χ4n) is 2.31. The van der Waals surface area contributed by atoms with E-state index in [1.807, 2.05) is 0 Å². The van der Waals surface area contributed by atoms with E-state index in [9.17, 15) is 26.4 Å². The lowest BCUT2D eigenvalue weighted by Crippen LogP contribution is -2.41. The quantitative estimate of drug-likeness (QED) is 0.666. The van der Waals surface area contributed by atoms with Crippen molar-refractivity contribution in [2.45, 2.75) is 31.0 Å². The maximum atomic E-state index is 12.9. The lowest BCUT2D eigenvalue weighted by Gasteiger charge is -2.16. The van der Waals surface area contributed by atoms with E-state index in [0.29, 0.717) is 18.4 Å². The van der Waals surface area contributed by atoms with Crippen molar-refractivity contribution >= 4 is 33.2 Å². The summed E-state index contributed by atoms with van der Waals surface area (Å²) in [6, 6.07) is 7.16. The Morgan fingerprint density at radius 1 is 1.17 bits per heavy atom. The second kappa shape index (κ2) is 9.02. The van der Waals surface area contributed by atoms with Gasteiger partial charge in [0.15, 0.2) is 0 Å². The van der Waals surface area contributed by atoms with E-state index in [-0.39, 0.29) is 10.6 Å². The molecular formula is C18H18ClF3N2O4S. The fourth-order valence-corrected chi connectivity index (χ4v) is 3.73. The molecule has 0 unspecified atom stereocenters. The van der Waals surface area contributed by atoms with Crippen molar-refractivity contribution in [2.24, 2.45) is 0 Å². The van der Waals surface area contributed by atoms with Crippen LogP contribution >= 0.6 is 11.6 Å². The Labute approximate surface area is 171 Å². The Hall–Kier alpha value is -2.30. The summed E-state index contributed by atoms with van der Waals surface area (Å²) in [5.41, 5.74) is -1.28. The highest BCUT2D eigenvalue weighted by molar-refractivity contribution is 7.89. The first-order valence-corrected chi connectivity index (χ1v) is 10.2. The molecule has 0 aliphatic heterocycles. The first-order valence-electron chi connectivity index (χ1n) is 8.37. The molecule has 0 bridgehead atoms. The van der Waals surface area contributed by atoms with Gasteiger partial charge in [-0.25, -0.2) is 8.42 Å². The van der Waals surface area contributed by atoms with Gasteiger partial charge >= 0.3 is 6.18 Å². The topological polar surface area (TPSA) is 84.5 Å². The first kappa shape index (κ1) is 23.0. The van der Waals surface area contributed by atoms with E-state index in [4.69, 9.17) is 16.3 Å². The second-order valence-corrected chi connectivity index (χ2v) is 8.05. The van der Waals surface area contributed by atoms with Gasteiger partial charge in [-0.1, -0.05) is 11.6 Å². The lowest BCUT2D eigenvalue weighted by atomic mass is 10.2. The summed E-state index contributed by atoms with van der Waals surface area (Å²) in [6.45, 7) is 3.47. The average molecular weight is 451 g/mol. The van der Waals surface area contributed by atoms with Crippen molar-refractivity contribution < 1.29 is 31.1 Å². The zero-order valence-electron chi connectivity index (χ0n) is 15.4. The SMILES string of the molecule is CCOc1ccc(S(=O)(=O)N[C@H](C)C(=O)Nc2ccc(Cl)c(C(F)(F)F)c2)cc1. The van der Waals surface area contributed by atoms with Crippen LogP contribution in [0.2, 0.25) is 5.02 Å². The van der Waals surface area contributed by atoms with Crippen molar-refractivity contribution in [3.05, 3.63) is 53.1 Å². The van der Waals surface area contributed by atoms with Crippen LogP contribution in [0.3, 0.4) is 0 Å². The lowest BCUT2D eigenvalue weighted by molar-refractivity contribution is -0.137. The Morgan fingerprint density at radius 3 is 2.34 bits per heavy atom.